The number of ether oxygens (including phenoxy) is 1. The van der Waals surface area contributed by atoms with Crippen molar-refractivity contribution in [1.82, 2.24) is 4.90 Å². The van der Waals surface area contributed by atoms with Crippen molar-refractivity contribution < 1.29 is 14.9 Å². The standard InChI is InChI=1S/C17H27NO3/c1-2-14-3-5-17(6-4-14)21-13-16(20)11-18-9-7-15(12-19)8-10-18/h3-6,15-16,19-20H,2,7-13H2,1H3/t16-/m1/s1. The highest BCUT2D eigenvalue weighted by atomic mass is 16.5. The molecule has 0 amide bonds. The van der Waals surface area contributed by atoms with Crippen molar-refractivity contribution in [2.75, 3.05) is 32.8 Å². The Morgan fingerprint density at radius 2 is 1.90 bits per heavy atom. The number of aryl methyl sites for hydroxylation is 1. The Hall–Kier alpha value is -1.10. The zero-order chi connectivity index (χ0) is 15.1. The van der Waals surface area contributed by atoms with E-state index in [9.17, 15) is 5.11 Å². The molecule has 1 atom stereocenters. The minimum absolute atomic E-state index is 0.285. The molecule has 2 rings (SSSR count). The van der Waals surface area contributed by atoms with Crippen molar-refractivity contribution >= 4 is 0 Å². The Labute approximate surface area is 127 Å². The Balaban J connectivity index is 1.68. The molecule has 1 fully saturated rings. The van der Waals surface area contributed by atoms with E-state index in [4.69, 9.17) is 9.84 Å². The SMILES string of the molecule is CCc1ccc(OC[C@H](O)CN2CCC(CO)CC2)cc1. The molecular weight excluding hydrogens is 266 g/mol. The normalized spacial score (nSPS) is 18.6. The monoisotopic (exact) mass is 293 g/mol. The molecule has 0 unspecified atom stereocenters. The summed E-state index contributed by atoms with van der Waals surface area (Å²) in [5.74, 6) is 1.25. The molecule has 0 aromatic heterocycles. The molecule has 1 heterocycles. The summed E-state index contributed by atoms with van der Waals surface area (Å²) in [4.78, 5) is 2.25. The smallest absolute Gasteiger partial charge is 0.119 e. The molecule has 1 aliphatic heterocycles. The van der Waals surface area contributed by atoms with Crippen molar-refractivity contribution in [1.29, 1.82) is 0 Å². The van der Waals surface area contributed by atoms with E-state index in [2.05, 4.69) is 24.0 Å². The number of likely N-dealkylation sites (tertiary alicyclic amines) is 1. The number of nitrogens with zero attached hydrogens (tertiary/aromatic N) is 1. The molecule has 0 spiro atoms. The third-order valence-corrected chi connectivity index (χ3v) is 4.21. The highest BCUT2D eigenvalue weighted by molar-refractivity contribution is 5.27. The van der Waals surface area contributed by atoms with Gasteiger partial charge >= 0.3 is 0 Å². The Morgan fingerprint density at radius 1 is 1.24 bits per heavy atom. The van der Waals surface area contributed by atoms with E-state index in [0.29, 0.717) is 19.1 Å². The van der Waals surface area contributed by atoms with Crippen LogP contribution in [0.3, 0.4) is 0 Å². The van der Waals surface area contributed by atoms with Gasteiger partial charge in [-0.3, -0.25) is 0 Å². The predicted molar refractivity (Wildman–Crippen MR) is 83.6 cm³/mol. The Kier molecular flexibility index (Phi) is 6.49. The van der Waals surface area contributed by atoms with Crippen molar-refractivity contribution in [2.45, 2.75) is 32.3 Å². The molecule has 1 saturated heterocycles. The van der Waals surface area contributed by atoms with Gasteiger partial charge in [-0.25, -0.2) is 0 Å². The van der Waals surface area contributed by atoms with Crippen molar-refractivity contribution in [3.05, 3.63) is 29.8 Å². The number of aliphatic hydroxyl groups excluding tert-OH is 2. The van der Waals surface area contributed by atoms with Crippen molar-refractivity contribution in [2.24, 2.45) is 5.92 Å². The maximum atomic E-state index is 10.1. The van der Waals surface area contributed by atoms with Crippen LogP contribution in [0.1, 0.15) is 25.3 Å². The number of aliphatic hydroxyl groups is 2. The largest absolute Gasteiger partial charge is 0.491 e. The zero-order valence-electron chi connectivity index (χ0n) is 12.9. The van der Waals surface area contributed by atoms with Gasteiger partial charge in [0.2, 0.25) is 0 Å². The van der Waals surface area contributed by atoms with Crippen LogP contribution in [0.4, 0.5) is 0 Å². The second-order valence-electron chi connectivity index (χ2n) is 5.89. The van der Waals surface area contributed by atoms with Crippen molar-refractivity contribution in [3.8, 4) is 5.75 Å². The molecule has 118 valence electrons. The van der Waals surface area contributed by atoms with Gasteiger partial charge in [-0.05, 0) is 56.0 Å². The first-order chi connectivity index (χ1) is 10.2. The van der Waals surface area contributed by atoms with Gasteiger partial charge < -0.3 is 19.8 Å². The number of hydrogen-bond donors (Lipinski definition) is 2. The van der Waals surface area contributed by atoms with Crippen LogP contribution in [-0.2, 0) is 6.42 Å². The fraction of sp³-hybridized carbons (Fsp3) is 0.647. The maximum Gasteiger partial charge on any atom is 0.119 e. The van der Waals surface area contributed by atoms with Crippen LogP contribution < -0.4 is 4.74 Å². The number of benzene rings is 1. The van der Waals surface area contributed by atoms with Gasteiger partial charge in [0.25, 0.3) is 0 Å². The first-order valence-electron chi connectivity index (χ1n) is 7.94. The summed E-state index contributed by atoms with van der Waals surface area (Å²) in [5, 5.41) is 19.2. The lowest BCUT2D eigenvalue weighted by Gasteiger charge is -2.32. The molecule has 4 heteroatoms. The number of piperidine rings is 1. The molecule has 1 aliphatic rings. The van der Waals surface area contributed by atoms with E-state index in [-0.39, 0.29) is 6.61 Å². The highest BCUT2D eigenvalue weighted by Gasteiger charge is 2.20. The van der Waals surface area contributed by atoms with Gasteiger partial charge in [0.1, 0.15) is 18.5 Å². The summed E-state index contributed by atoms with van der Waals surface area (Å²) >= 11 is 0. The second kappa shape index (κ2) is 8.37. The van der Waals surface area contributed by atoms with Crippen molar-refractivity contribution in [3.63, 3.8) is 0 Å². The summed E-state index contributed by atoms with van der Waals surface area (Å²) < 4.78 is 5.63. The molecule has 21 heavy (non-hydrogen) atoms. The van der Waals surface area contributed by atoms with Crippen LogP contribution in [0.15, 0.2) is 24.3 Å². The summed E-state index contributed by atoms with van der Waals surface area (Å²) in [5.41, 5.74) is 1.29. The van der Waals surface area contributed by atoms with E-state index < -0.39 is 6.10 Å². The molecule has 1 aromatic rings. The lowest BCUT2D eigenvalue weighted by molar-refractivity contribution is 0.0488. The first kappa shape index (κ1) is 16.3. The molecular formula is C17H27NO3. The first-order valence-corrected chi connectivity index (χ1v) is 7.94. The second-order valence-corrected chi connectivity index (χ2v) is 5.89. The van der Waals surface area contributed by atoms with Crippen LogP contribution in [0, 0.1) is 5.92 Å². The third-order valence-electron chi connectivity index (χ3n) is 4.21. The maximum absolute atomic E-state index is 10.1. The predicted octanol–water partition coefficient (Wildman–Crippen LogP) is 1.69. The van der Waals surface area contributed by atoms with E-state index in [1.807, 2.05) is 12.1 Å². The number of rotatable bonds is 7. The van der Waals surface area contributed by atoms with E-state index in [1.54, 1.807) is 0 Å². The van der Waals surface area contributed by atoms with E-state index >= 15 is 0 Å². The lowest BCUT2D eigenvalue weighted by atomic mass is 9.98. The summed E-state index contributed by atoms with van der Waals surface area (Å²) in [6.07, 6.45) is 2.58. The minimum Gasteiger partial charge on any atom is -0.491 e. The molecule has 0 saturated carbocycles. The van der Waals surface area contributed by atoms with Crippen LogP contribution in [0.2, 0.25) is 0 Å². The number of β-amino-alcohol motifs (C(OH)–C–C–N with tert-alkyl or cyclic N) is 1. The van der Waals surface area contributed by atoms with Gasteiger partial charge in [-0.15, -0.1) is 0 Å². The lowest BCUT2D eigenvalue weighted by Crippen LogP contribution is -2.41. The number of hydrogen-bond acceptors (Lipinski definition) is 4. The average Bonchev–Trinajstić information content (AvgIpc) is 2.54. The Bertz CT molecular complexity index is 399. The average molecular weight is 293 g/mol. The van der Waals surface area contributed by atoms with E-state index in [0.717, 1.165) is 38.1 Å². The highest BCUT2D eigenvalue weighted by Crippen LogP contribution is 2.17. The quantitative estimate of drug-likeness (QED) is 0.803. The molecule has 0 radical (unpaired) electrons. The third kappa shape index (κ3) is 5.30. The van der Waals surface area contributed by atoms with Crippen LogP contribution in [0.5, 0.6) is 5.75 Å². The van der Waals surface area contributed by atoms with Crippen LogP contribution >= 0.6 is 0 Å². The van der Waals surface area contributed by atoms with Gasteiger partial charge in [0.15, 0.2) is 0 Å². The van der Waals surface area contributed by atoms with Gasteiger partial charge in [-0.2, -0.15) is 0 Å². The topological polar surface area (TPSA) is 52.9 Å². The van der Waals surface area contributed by atoms with Gasteiger partial charge in [-0.1, -0.05) is 19.1 Å². The minimum atomic E-state index is -0.471. The molecule has 0 aliphatic carbocycles. The Morgan fingerprint density at radius 3 is 2.48 bits per heavy atom. The zero-order valence-corrected chi connectivity index (χ0v) is 12.9. The molecule has 1 aromatic carbocycles. The van der Waals surface area contributed by atoms with Gasteiger partial charge in [0, 0.05) is 13.2 Å². The fourth-order valence-corrected chi connectivity index (χ4v) is 2.72. The summed E-state index contributed by atoms with van der Waals surface area (Å²) in [7, 11) is 0. The molecule has 0 bridgehead atoms. The molecule has 4 nitrogen and oxygen atoms in total. The van der Waals surface area contributed by atoms with Gasteiger partial charge in [0.05, 0.1) is 0 Å². The van der Waals surface area contributed by atoms with E-state index in [1.165, 1.54) is 5.56 Å². The summed E-state index contributed by atoms with van der Waals surface area (Å²) in [6.45, 7) is 5.28. The fourth-order valence-electron chi connectivity index (χ4n) is 2.72. The van der Waals surface area contributed by atoms with Crippen LogP contribution in [0.25, 0.3) is 0 Å². The summed E-state index contributed by atoms with van der Waals surface area (Å²) in [6, 6.07) is 8.03. The molecule has 2 N–H and O–H groups in total. The van der Waals surface area contributed by atoms with Crippen LogP contribution in [-0.4, -0.2) is 54.1 Å².